The Labute approximate surface area is 168 Å². The first kappa shape index (κ1) is 44.4. The highest BCUT2D eigenvalue weighted by atomic mass is 32.2. The Kier molecular flexibility index (Phi) is 44.7. The van der Waals surface area contributed by atoms with E-state index >= 15 is 0 Å². The molecule has 0 bridgehead atoms. The van der Waals surface area contributed by atoms with Crippen molar-refractivity contribution in [2.45, 2.75) is 90.3 Å². The molecule has 2 N–H and O–H groups in total. The summed E-state index contributed by atoms with van der Waals surface area (Å²) in [4.78, 5) is 33.4. The van der Waals surface area contributed by atoms with Gasteiger partial charge < -0.3 is 15.2 Å². The van der Waals surface area contributed by atoms with Crippen LogP contribution in [-0.2, 0) is 23.9 Å². The van der Waals surface area contributed by atoms with Gasteiger partial charge in [-0.1, -0.05) is 58.4 Å². The summed E-state index contributed by atoms with van der Waals surface area (Å²) in [6.45, 7) is 4.84. The zero-order chi connectivity index (χ0) is 15.5. The Bertz CT molecular complexity index is 338. The highest BCUT2D eigenvalue weighted by molar-refractivity contribution is 7.99. The second kappa shape index (κ2) is 26.2. The summed E-state index contributed by atoms with van der Waals surface area (Å²) in [5, 5.41) is 0. The van der Waals surface area contributed by atoms with E-state index in [1.807, 2.05) is 0 Å². The number of nitrogens with two attached hydrogens (primary N) is 1. The van der Waals surface area contributed by atoms with E-state index < -0.39 is 12.1 Å². The molecule has 0 aromatic rings. The predicted molar refractivity (Wildman–Crippen MR) is 118 cm³/mol. The first-order valence-corrected chi connectivity index (χ1v) is 7.75. The fraction of sp³-hybridized carbons (Fsp3) is 0.842. The van der Waals surface area contributed by atoms with E-state index in [1.165, 1.54) is 18.7 Å². The average Bonchev–Trinajstić information content (AvgIpc) is 2.43. The highest BCUT2D eigenvalue weighted by Gasteiger charge is 2.17. The van der Waals surface area contributed by atoms with Gasteiger partial charge in [0.1, 0.15) is 18.5 Å². The van der Waals surface area contributed by atoms with Gasteiger partial charge in [0.15, 0.2) is 0 Å². The summed E-state index contributed by atoms with van der Waals surface area (Å²) in [7, 11) is 0. The number of hydrogen-bond donors (Lipinski definition) is 1. The molecule has 0 spiro atoms. The molecule has 0 aliphatic carbocycles. The van der Waals surface area contributed by atoms with Gasteiger partial charge in [-0.15, -0.1) is 0 Å². The maximum absolute atomic E-state index is 11.3. The molecule has 2 unspecified atom stereocenters. The number of esters is 2. The number of carbonyl (C=O) groups excluding carboxylic acids is 3. The van der Waals surface area contributed by atoms with Gasteiger partial charge in [0.05, 0.1) is 6.04 Å². The zero-order valence-electron chi connectivity index (χ0n) is 12.2. The van der Waals surface area contributed by atoms with Crippen molar-refractivity contribution >= 4 is 29.5 Å². The van der Waals surface area contributed by atoms with E-state index in [2.05, 4.69) is 0 Å². The van der Waals surface area contributed by atoms with E-state index in [1.54, 1.807) is 13.8 Å². The lowest BCUT2D eigenvalue weighted by Gasteiger charge is -2.18. The van der Waals surface area contributed by atoms with Crippen LogP contribution in [0, 0.1) is 0 Å². The largest absolute Gasteiger partial charge is 0.462 e. The second-order valence-electron chi connectivity index (χ2n) is 4.26. The van der Waals surface area contributed by atoms with Crippen LogP contribution in [0.3, 0.4) is 0 Å². The maximum atomic E-state index is 11.3. The predicted octanol–water partition coefficient (Wildman–Crippen LogP) is 4.73. The fourth-order valence-corrected chi connectivity index (χ4v) is 2.17. The van der Waals surface area contributed by atoms with Crippen molar-refractivity contribution in [2.24, 2.45) is 5.73 Å². The summed E-state index contributed by atoms with van der Waals surface area (Å²) in [5.41, 5.74) is 5.61. The van der Waals surface area contributed by atoms with E-state index in [4.69, 9.17) is 15.2 Å². The third kappa shape index (κ3) is 22.9. The molecule has 0 aliphatic heterocycles. The lowest BCUT2D eigenvalue weighted by atomic mass is 10.3. The number of hydrogen-bond acceptors (Lipinski definition) is 7. The molecule has 0 heterocycles. The molecule has 0 radical (unpaired) electrons. The summed E-state index contributed by atoms with van der Waals surface area (Å²) in [6, 6.07) is -0.527. The number of Topliss-reactive ketones (excluding diaryl/α,β-unsaturated/α-hetero) is 1. The Balaban J connectivity index is -0.000000120. The number of rotatable bonds is 10. The summed E-state index contributed by atoms with van der Waals surface area (Å²) >= 11 is 1.40. The van der Waals surface area contributed by atoms with Crippen molar-refractivity contribution in [1.82, 2.24) is 0 Å². The Morgan fingerprint density at radius 3 is 1.73 bits per heavy atom. The van der Waals surface area contributed by atoms with Gasteiger partial charge in [0.2, 0.25) is 0 Å². The van der Waals surface area contributed by atoms with Crippen LogP contribution in [0.1, 0.15) is 78.2 Å². The Morgan fingerprint density at radius 1 is 0.885 bits per heavy atom. The topological polar surface area (TPSA) is 95.7 Å². The third-order valence-corrected chi connectivity index (χ3v) is 3.63. The van der Waals surface area contributed by atoms with Gasteiger partial charge in [-0.25, -0.2) is 0 Å². The van der Waals surface area contributed by atoms with Crippen LogP contribution in [0.4, 0.5) is 0 Å². The number of ether oxygens (including phenoxy) is 2. The molecule has 0 fully saturated rings. The smallest absolute Gasteiger partial charge is 0.305 e. The van der Waals surface area contributed by atoms with Gasteiger partial charge in [-0.05, 0) is 6.92 Å². The number of carbonyl (C=O) groups is 3. The molecule has 0 aromatic carbocycles. The minimum absolute atomic E-state index is 0. The van der Waals surface area contributed by atoms with Crippen LogP contribution in [0.15, 0.2) is 0 Å². The van der Waals surface area contributed by atoms with Crippen molar-refractivity contribution in [3.8, 4) is 0 Å². The van der Waals surface area contributed by atoms with Crippen LogP contribution in [-0.4, -0.2) is 48.0 Å². The molecule has 0 saturated heterocycles. The summed E-state index contributed by atoms with van der Waals surface area (Å²) < 4.78 is 10.2. The van der Waals surface area contributed by atoms with Crippen molar-refractivity contribution in [3.63, 3.8) is 0 Å². The minimum atomic E-state index is -0.527. The quantitative estimate of drug-likeness (QED) is 0.529. The minimum Gasteiger partial charge on any atom is -0.462 e. The van der Waals surface area contributed by atoms with E-state index in [0.717, 1.165) is 0 Å². The summed E-state index contributed by atoms with van der Waals surface area (Å²) in [5.74, 6) is 0.102. The lowest BCUT2D eigenvalue weighted by molar-refractivity contribution is -0.157. The molecular weight excluding hydrogens is 354 g/mol. The first-order chi connectivity index (χ1) is 9.40. The maximum Gasteiger partial charge on any atom is 0.305 e. The van der Waals surface area contributed by atoms with Gasteiger partial charge in [-0.2, -0.15) is 11.8 Å². The van der Waals surface area contributed by atoms with Crippen LogP contribution >= 0.6 is 11.8 Å². The van der Waals surface area contributed by atoms with Crippen LogP contribution in [0.25, 0.3) is 0 Å². The molecular formula is C19H47NO5S. The highest BCUT2D eigenvalue weighted by Crippen LogP contribution is 2.09. The molecule has 0 amide bonds. The van der Waals surface area contributed by atoms with E-state index in [-0.39, 0.29) is 81.7 Å². The SMILES string of the molecule is C.C.C.C.C.C.CCC(=O)OCC(CSCC(N)C(C)=O)OC(=O)CC. The Hall–Kier alpha value is -1.08. The standard InChI is InChI=1S/C13H23NO5S.6CH4/c1-4-12(16)18-6-10(19-13(17)5-2)7-20-8-11(14)9(3)15;;;;;;/h10-11H,4-8,14H2,1-3H3;6*1H4. The third-order valence-electron chi connectivity index (χ3n) is 2.43. The van der Waals surface area contributed by atoms with Crippen molar-refractivity contribution in [3.05, 3.63) is 0 Å². The van der Waals surface area contributed by atoms with Crippen LogP contribution in [0.5, 0.6) is 0 Å². The molecule has 26 heavy (non-hydrogen) atoms. The van der Waals surface area contributed by atoms with Gasteiger partial charge in [-0.3, -0.25) is 14.4 Å². The van der Waals surface area contributed by atoms with E-state index in [9.17, 15) is 14.4 Å². The first-order valence-electron chi connectivity index (χ1n) is 6.59. The zero-order valence-corrected chi connectivity index (χ0v) is 13.0. The molecule has 0 saturated carbocycles. The molecule has 2 atom stereocenters. The molecule has 0 aliphatic rings. The normalized spacial score (nSPS) is 10.3. The molecule has 7 heteroatoms. The van der Waals surface area contributed by atoms with Crippen LogP contribution in [0.2, 0.25) is 0 Å². The number of thioether (sulfide) groups is 1. The van der Waals surface area contributed by atoms with Gasteiger partial charge in [0.25, 0.3) is 0 Å². The molecule has 6 nitrogen and oxygen atoms in total. The number of ketones is 1. The van der Waals surface area contributed by atoms with E-state index in [0.29, 0.717) is 11.5 Å². The van der Waals surface area contributed by atoms with Crippen molar-refractivity contribution in [1.29, 1.82) is 0 Å². The Morgan fingerprint density at radius 2 is 1.35 bits per heavy atom. The molecule has 0 rings (SSSR count). The van der Waals surface area contributed by atoms with Crippen LogP contribution < -0.4 is 5.73 Å². The van der Waals surface area contributed by atoms with Gasteiger partial charge >= 0.3 is 11.9 Å². The lowest BCUT2D eigenvalue weighted by Crippen LogP contribution is -2.32. The van der Waals surface area contributed by atoms with Gasteiger partial charge in [0, 0.05) is 24.3 Å². The summed E-state index contributed by atoms with van der Waals surface area (Å²) in [6.07, 6.45) is 0.0224. The van der Waals surface area contributed by atoms with Crippen molar-refractivity contribution < 1.29 is 23.9 Å². The fourth-order valence-electron chi connectivity index (χ4n) is 1.12. The average molecular weight is 402 g/mol. The molecule has 0 aromatic heterocycles. The van der Waals surface area contributed by atoms with Crippen molar-refractivity contribution in [2.75, 3.05) is 18.1 Å². The molecule has 164 valence electrons. The second-order valence-corrected chi connectivity index (χ2v) is 5.33. The monoisotopic (exact) mass is 401 g/mol.